The van der Waals surface area contributed by atoms with Crippen molar-refractivity contribution in [1.29, 1.82) is 0 Å². The first kappa shape index (κ1) is 43.2. The third-order valence-corrected chi connectivity index (χ3v) is 14.4. The van der Waals surface area contributed by atoms with E-state index in [-0.39, 0.29) is 0 Å². The summed E-state index contributed by atoms with van der Waals surface area (Å²) in [5, 5.41) is 0. The highest BCUT2D eigenvalue weighted by atomic mass is 15.2. The second-order valence-corrected chi connectivity index (χ2v) is 19.1. The average molecular weight is 842 g/mol. The van der Waals surface area contributed by atoms with Gasteiger partial charge in [-0.15, -0.1) is 0 Å². The van der Waals surface area contributed by atoms with Crippen molar-refractivity contribution < 1.29 is 0 Å². The van der Waals surface area contributed by atoms with E-state index in [4.69, 9.17) is 0 Å². The van der Waals surface area contributed by atoms with E-state index in [0.29, 0.717) is 47.6 Å². The quantitative estimate of drug-likeness (QED) is 0.133. The van der Waals surface area contributed by atoms with Crippen molar-refractivity contribution >= 4 is 22.7 Å². The number of rotatable bonds is 13. The Morgan fingerprint density at radius 3 is 2.05 bits per heavy atom. The van der Waals surface area contributed by atoms with Crippen LogP contribution in [0.1, 0.15) is 83.3 Å². The normalized spacial score (nSPS) is 25.5. The Balaban J connectivity index is 1.05. The second-order valence-electron chi connectivity index (χ2n) is 19.1. The molecule has 9 rings (SSSR count). The molecule has 0 fully saturated rings. The molecule has 5 aliphatic rings. The van der Waals surface area contributed by atoms with Crippen molar-refractivity contribution in [2.45, 2.75) is 91.1 Å². The zero-order valence-electron chi connectivity index (χ0n) is 38.7. The van der Waals surface area contributed by atoms with Crippen LogP contribution in [0, 0.1) is 36.5 Å². The van der Waals surface area contributed by atoms with Crippen LogP contribution in [-0.2, 0) is 0 Å². The number of anilines is 4. The summed E-state index contributed by atoms with van der Waals surface area (Å²) in [5.74, 6) is 2.77. The Labute approximate surface area is 384 Å². The highest BCUT2D eigenvalue weighted by Gasteiger charge is 2.34. The summed E-state index contributed by atoms with van der Waals surface area (Å²) >= 11 is 0. The summed E-state index contributed by atoms with van der Waals surface area (Å²) in [6.45, 7) is 11.6. The molecular weight excluding hydrogens is 775 g/mol. The number of hydrogen-bond donors (Lipinski definition) is 0. The fourth-order valence-corrected chi connectivity index (χ4v) is 10.9. The standard InChI is InChI=1S/C61H67N3/c1-44-17-15-25-57(39-44)62(51-21-11-7-12-22-51)53-31-35-55(36-32-53)64(56-37-33-54(34-38-56)63(52-23-13-8-14-24-52)58-26-16-18-45(2)40-58)59-30-29-50(48(5)42-59)43-61(49-19-9-6-10-20-49)60-41-46(3)27-28-47(60)4/h6-17,19-21,23-31,33-34,37-42,45,47-48,50-51,55,60-61H,18,22,32,35-36,43H2,1-5H3. The van der Waals surface area contributed by atoms with Crippen molar-refractivity contribution in [3.05, 3.63) is 228 Å². The van der Waals surface area contributed by atoms with Crippen LogP contribution in [0.2, 0.25) is 0 Å². The van der Waals surface area contributed by atoms with Crippen LogP contribution in [0.25, 0.3) is 0 Å². The van der Waals surface area contributed by atoms with Crippen molar-refractivity contribution in [2.75, 3.05) is 14.7 Å². The van der Waals surface area contributed by atoms with Crippen molar-refractivity contribution in [3.8, 4) is 0 Å². The monoisotopic (exact) mass is 842 g/mol. The van der Waals surface area contributed by atoms with Gasteiger partial charge in [-0.3, -0.25) is 0 Å². The number of nitrogens with zero attached hydrogens (tertiary/aromatic N) is 3. The molecule has 4 aromatic carbocycles. The van der Waals surface area contributed by atoms with Gasteiger partial charge in [0.25, 0.3) is 0 Å². The van der Waals surface area contributed by atoms with Gasteiger partial charge in [0.2, 0.25) is 0 Å². The van der Waals surface area contributed by atoms with E-state index in [1.807, 2.05) is 0 Å². The van der Waals surface area contributed by atoms with Gasteiger partial charge in [-0.05, 0) is 160 Å². The number of benzene rings is 4. The molecule has 0 radical (unpaired) electrons. The molecule has 0 aliphatic heterocycles. The number of para-hydroxylation sites is 1. The van der Waals surface area contributed by atoms with Gasteiger partial charge in [0, 0.05) is 45.9 Å². The Morgan fingerprint density at radius 2 is 1.34 bits per heavy atom. The van der Waals surface area contributed by atoms with E-state index >= 15 is 0 Å². The molecule has 8 atom stereocenters. The Bertz CT molecular complexity index is 2510. The van der Waals surface area contributed by atoms with E-state index < -0.39 is 0 Å². The van der Waals surface area contributed by atoms with Gasteiger partial charge >= 0.3 is 0 Å². The molecule has 0 aromatic heterocycles. The predicted molar refractivity (Wildman–Crippen MR) is 274 cm³/mol. The van der Waals surface area contributed by atoms with Gasteiger partial charge < -0.3 is 14.7 Å². The van der Waals surface area contributed by atoms with Crippen molar-refractivity contribution in [3.63, 3.8) is 0 Å². The van der Waals surface area contributed by atoms with Gasteiger partial charge in [0.15, 0.2) is 0 Å². The summed E-state index contributed by atoms with van der Waals surface area (Å²) in [6, 6.07) is 41.3. The lowest BCUT2D eigenvalue weighted by atomic mass is 9.70. The van der Waals surface area contributed by atoms with Gasteiger partial charge in [0.05, 0.1) is 6.04 Å². The molecular formula is C61H67N3. The van der Waals surface area contributed by atoms with Crippen LogP contribution < -0.4 is 14.7 Å². The largest absolute Gasteiger partial charge is 0.338 e. The Hall–Kier alpha value is -6.06. The smallest absolute Gasteiger partial charge is 0.0556 e. The Kier molecular flexibility index (Phi) is 13.3. The van der Waals surface area contributed by atoms with Gasteiger partial charge in [-0.25, -0.2) is 0 Å². The van der Waals surface area contributed by atoms with Crippen LogP contribution in [0.4, 0.5) is 22.7 Å². The van der Waals surface area contributed by atoms with E-state index in [2.05, 4.69) is 244 Å². The SMILES string of the molecule is CC1=CC(C(CC2C=CC(N(c3ccc(N(C4=CC(C)CC=C4)c4ccccc4)cc3)C3CC=C(N(c4cccc(C)c4)C4C=CC=CC4)CC3)=CC2C)c2ccccc2)C(C)C=C1. The lowest BCUT2D eigenvalue weighted by molar-refractivity contribution is 0.334. The molecule has 0 saturated carbocycles. The first-order valence-corrected chi connectivity index (χ1v) is 24.1. The molecule has 0 amide bonds. The Morgan fingerprint density at radius 1 is 0.594 bits per heavy atom. The molecule has 4 aromatic rings. The molecule has 64 heavy (non-hydrogen) atoms. The van der Waals surface area contributed by atoms with E-state index in [9.17, 15) is 0 Å². The highest BCUT2D eigenvalue weighted by Crippen LogP contribution is 2.44. The maximum absolute atomic E-state index is 2.68. The summed E-state index contributed by atoms with van der Waals surface area (Å²) in [6.07, 6.45) is 39.9. The fourth-order valence-electron chi connectivity index (χ4n) is 10.9. The third-order valence-electron chi connectivity index (χ3n) is 14.4. The molecule has 0 heterocycles. The lowest BCUT2D eigenvalue weighted by Crippen LogP contribution is -2.40. The third kappa shape index (κ3) is 9.70. The predicted octanol–water partition coefficient (Wildman–Crippen LogP) is 15.9. The van der Waals surface area contributed by atoms with Crippen molar-refractivity contribution in [2.24, 2.45) is 29.6 Å². The maximum atomic E-state index is 2.68. The zero-order chi connectivity index (χ0) is 44.0. The zero-order valence-corrected chi connectivity index (χ0v) is 38.7. The molecule has 8 unspecified atom stereocenters. The second kappa shape index (κ2) is 19.8. The first-order chi connectivity index (χ1) is 31.3. The summed E-state index contributed by atoms with van der Waals surface area (Å²) in [4.78, 5) is 7.72. The molecule has 326 valence electrons. The highest BCUT2D eigenvalue weighted by molar-refractivity contribution is 5.73. The van der Waals surface area contributed by atoms with E-state index in [1.54, 1.807) is 0 Å². The van der Waals surface area contributed by atoms with E-state index in [0.717, 1.165) is 38.5 Å². The number of hydrogen-bond acceptors (Lipinski definition) is 3. The van der Waals surface area contributed by atoms with Crippen LogP contribution in [-0.4, -0.2) is 12.1 Å². The first-order valence-electron chi connectivity index (χ1n) is 24.1. The van der Waals surface area contributed by atoms with Gasteiger partial charge in [0.1, 0.15) is 0 Å². The minimum absolute atomic E-state index is 0.316. The molecule has 5 aliphatic carbocycles. The minimum atomic E-state index is 0.316. The van der Waals surface area contributed by atoms with Crippen molar-refractivity contribution in [1.82, 2.24) is 0 Å². The van der Waals surface area contributed by atoms with Crippen LogP contribution in [0.15, 0.2) is 217 Å². The average Bonchev–Trinajstić information content (AvgIpc) is 3.32. The fraction of sp³-hybridized carbons (Fsp3) is 0.311. The van der Waals surface area contributed by atoms with Gasteiger partial charge in [-0.1, -0.05) is 160 Å². The molecule has 0 saturated heterocycles. The summed E-state index contributed by atoms with van der Waals surface area (Å²) in [7, 11) is 0. The van der Waals surface area contributed by atoms with Crippen LogP contribution >= 0.6 is 0 Å². The number of allylic oxidation sites excluding steroid dienone is 13. The molecule has 0 spiro atoms. The molecule has 0 N–H and O–H groups in total. The van der Waals surface area contributed by atoms with Gasteiger partial charge in [-0.2, -0.15) is 0 Å². The minimum Gasteiger partial charge on any atom is -0.338 e. The number of aryl methyl sites for hydroxylation is 1. The van der Waals surface area contributed by atoms with E-state index in [1.165, 1.54) is 56.5 Å². The van der Waals surface area contributed by atoms with Crippen LogP contribution in [0.3, 0.4) is 0 Å². The molecule has 3 heteroatoms. The lowest BCUT2D eigenvalue weighted by Gasteiger charge is -2.42. The summed E-state index contributed by atoms with van der Waals surface area (Å²) in [5.41, 5.74) is 13.0. The molecule has 0 bridgehead atoms. The summed E-state index contributed by atoms with van der Waals surface area (Å²) < 4.78 is 0. The molecule has 3 nitrogen and oxygen atoms in total. The topological polar surface area (TPSA) is 9.72 Å². The maximum Gasteiger partial charge on any atom is 0.0556 e. The van der Waals surface area contributed by atoms with Crippen LogP contribution in [0.5, 0.6) is 0 Å².